The first-order valence-corrected chi connectivity index (χ1v) is 6.36. The maximum Gasteiger partial charge on any atom is 0.0667 e. The molecule has 0 aromatic rings. The van der Waals surface area contributed by atoms with E-state index >= 15 is 0 Å². The fourth-order valence-corrected chi connectivity index (χ4v) is 2.65. The quantitative estimate of drug-likeness (QED) is 0.766. The first-order chi connectivity index (χ1) is 7.34. The van der Waals surface area contributed by atoms with Crippen LogP contribution in [0.25, 0.3) is 0 Å². The number of nitrogens with zero attached hydrogens (tertiary/aromatic N) is 1. The van der Waals surface area contributed by atoms with Gasteiger partial charge < -0.3 is 14.7 Å². The number of aliphatic hydroxyl groups is 1. The molecule has 2 fully saturated rings. The minimum absolute atomic E-state index is 0.0820. The van der Waals surface area contributed by atoms with Crippen LogP contribution in [0.4, 0.5) is 0 Å². The third kappa shape index (κ3) is 3.74. The lowest BCUT2D eigenvalue weighted by molar-refractivity contribution is 0.0631. The highest BCUT2D eigenvalue weighted by Crippen LogP contribution is 2.17. The van der Waals surface area contributed by atoms with Gasteiger partial charge in [-0.05, 0) is 51.6 Å². The molecule has 2 aliphatic heterocycles. The predicted octanol–water partition coefficient (Wildman–Crippen LogP) is 1.40. The van der Waals surface area contributed by atoms with Gasteiger partial charge in [0.15, 0.2) is 0 Å². The van der Waals surface area contributed by atoms with E-state index in [1.54, 1.807) is 0 Å². The lowest BCUT2D eigenvalue weighted by Gasteiger charge is -2.30. The summed E-state index contributed by atoms with van der Waals surface area (Å²) in [5, 5.41) is 9.52. The average Bonchev–Trinajstić information content (AvgIpc) is 2.71. The first kappa shape index (κ1) is 11.4. The van der Waals surface area contributed by atoms with Crippen LogP contribution in [-0.2, 0) is 4.74 Å². The maximum absolute atomic E-state index is 9.52. The molecule has 3 heteroatoms. The summed E-state index contributed by atoms with van der Waals surface area (Å²) in [4.78, 5) is 2.39. The number of β-amino-alcohol motifs (C(OH)–C–C–N with tert-alkyl or cyclic N) is 1. The van der Waals surface area contributed by atoms with E-state index in [4.69, 9.17) is 4.74 Å². The summed E-state index contributed by atoms with van der Waals surface area (Å²) in [7, 11) is 0. The van der Waals surface area contributed by atoms with Crippen molar-refractivity contribution in [2.24, 2.45) is 0 Å². The van der Waals surface area contributed by atoms with Crippen LogP contribution in [0, 0.1) is 0 Å². The summed E-state index contributed by atoms with van der Waals surface area (Å²) >= 11 is 0. The summed E-state index contributed by atoms with van der Waals surface area (Å²) in [5.41, 5.74) is 0. The summed E-state index contributed by atoms with van der Waals surface area (Å²) in [6.45, 7) is 4.15. The minimum Gasteiger partial charge on any atom is -0.392 e. The van der Waals surface area contributed by atoms with Crippen molar-refractivity contribution >= 4 is 0 Å². The zero-order chi connectivity index (χ0) is 10.5. The van der Waals surface area contributed by atoms with Crippen molar-refractivity contribution in [3.8, 4) is 0 Å². The maximum atomic E-state index is 9.52. The molecule has 0 radical (unpaired) electrons. The van der Waals surface area contributed by atoms with Crippen LogP contribution >= 0.6 is 0 Å². The molecule has 0 aliphatic carbocycles. The Bertz CT molecular complexity index is 180. The Kier molecular flexibility index (Phi) is 4.42. The molecule has 3 nitrogen and oxygen atoms in total. The van der Waals surface area contributed by atoms with Crippen molar-refractivity contribution < 1.29 is 9.84 Å². The van der Waals surface area contributed by atoms with Crippen molar-refractivity contribution in [1.82, 2.24) is 4.90 Å². The number of likely N-dealkylation sites (tertiary alicyclic amines) is 1. The highest BCUT2D eigenvalue weighted by molar-refractivity contribution is 4.72. The number of ether oxygens (including phenoxy) is 1. The number of rotatable bonds is 4. The van der Waals surface area contributed by atoms with Gasteiger partial charge in [0.1, 0.15) is 0 Å². The third-order valence-corrected chi connectivity index (χ3v) is 3.51. The van der Waals surface area contributed by atoms with Gasteiger partial charge >= 0.3 is 0 Å². The topological polar surface area (TPSA) is 32.7 Å². The second-order valence-corrected chi connectivity index (χ2v) is 4.87. The van der Waals surface area contributed by atoms with Crippen LogP contribution in [0.1, 0.15) is 38.5 Å². The number of piperidine rings is 1. The lowest BCUT2D eigenvalue weighted by Crippen LogP contribution is -2.38. The van der Waals surface area contributed by atoms with Gasteiger partial charge in [-0.2, -0.15) is 0 Å². The van der Waals surface area contributed by atoms with Crippen LogP contribution < -0.4 is 0 Å². The molecule has 0 aromatic heterocycles. The average molecular weight is 213 g/mol. The van der Waals surface area contributed by atoms with Gasteiger partial charge in [-0.15, -0.1) is 0 Å². The van der Waals surface area contributed by atoms with E-state index in [-0.39, 0.29) is 6.10 Å². The molecule has 1 unspecified atom stereocenters. The molecule has 0 saturated carbocycles. The van der Waals surface area contributed by atoms with E-state index in [0.29, 0.717) is 6.10 Å². The van der Waals surface area contributed by atoms with Crippen molar-refractivity contribution in [3.05, 3.63) is 0 Å². The van der Waals surface area contributed by atoms with Crippen LogP contribution in [0.5, 0.6) is 0 Å². The molecule has 15 heavy (non-hydrogen) atoms. The molecule has 2 atom stereocenters. The summed E-state index contributed by atoms with van der Waals surface area (Å²) < 4.78 is 5.60. The van der Waals surface area contributed by atoms with E-state index in [0.717, 1.165) is 32.5 Å². The molecule has 1 N–H and O–H groups in total. The smallest absolute Gasteiger partial charge is 0.0667 e. The van der Waals surface area contributed by atoms with Crippen LogP contribution in [0.2, 0.25) is 0 Å². The predicted molar refractivity (Wildman–Crippen MR) is 59.9 cm³/mol. The van der Waals surface area contributed by atoms with Crippen LogP contribution in [0.3, 0.4) is 0 Å². The summed E-state index contributed by atoms with van der Waals surface area (Å²) in [6, 6.07) is 0. The highest BCUT2D eigenvalue weighted by Gasteiger charge is 2.19. The molecule has 2 saturated heterocycles. The molecule has 0 aromatic carbocycles. The second kappa shape index (κ2) is 5.83. The minimum atomic E-state index is -0.0820. The second-order valence-electron chi connectivity index (χ2n) is 4.87. The largest absolute Gasteiger partial charge is 0.392 e. The number of hydrogen-bond acceptors (Lipinski definition) is 3. The van der Waals surface area contributed by atoms with Gasteiger partial charge in [0.2, 0.25) is 0 Å². The van der Waals surface area contributed by atoms with Crippen molar-refractivity contribution in [3.63, 3.8) is 0 Å². The van der Waals surface area contributed by atoms with Crippen molar-refractivity contribution in [2.75, 3.05) is 26.2 Å². The molecular weight excluding hydrogens is 190 g/mol. The Morgan fingerprint density at radius 2 is 2.20 bits per heavy atom. The Hall–Kier alpha value is -0.120. The highest BCUT2D eigenvalue weighted by atomic mass is 16.5. The zero-order valence-corrected chi connectivity index (χ0v) is 9.53. The number of aliphatic hydroxyl groups excluding tert-OH is 1. The molecule has 88 valence electrons. The van der Waals surface area contributed by atoms with Crippen LogP contribution in [0.15, 0.2) is 0 Å². The Morgan fingerprint density at radius 3 is 2.93 bits per heavy atom. The Morgan fingerprint density at radius 1 is 1.27 bits per heavy atom. The normalized spacial score (nSPS) is 33.4. The molecule has 0 spiro atoms. The SMILES string of the molecule is O[C@H]1CCCN(CCCC2CCCO2)C1. The van der Waals surface area contributed by atoms with Gasteiger partial charge in [-0.25, -0.2) is 0 Å². The summed E-state index contributed by atoms with van der Waals surface area (Å²) in [5.74, 6) is 0. The molecular formula is C12H23NO2. The monoisotopic (exact) mass is 213 g/mol. The standard InChI is InChI=1S/C12H23NO2/c14-11-4-1-7-13(10-11)8-2-5-12-6-3-9-15-12/h11-12,14H,1-10H2/t11-,12?/m0/s1. The van der Waals surface area contributed by atoms with E-state index < -0.39 is 0 Å². The van der Waals surface area contributed by atoms with Gasteiger partial charge in [0.05, 0.1) is 12.2 Å². The van der Waals surface area contributed by atoms with Gasteiger partial charge in [0, 0.05) is 13.2 Å². The van der Waals surface area contributed by atoms with Crippen molar-refractivity contribution in [1.29, 1.82) is 0 Å². The molecule has 2 heterocycles. The van der Waals surface area contributed by atoms with E-state index in [9.17, 15) is 5.11 Å². The molecule has 2 rings (SSSR count). The summed E-state index contributed by atoms with van der Waals surface area (Å²) in [6.07, 6.45) is 7.50. The molecule has 2 aliphatic rings. The number of hydrogen-bond donors (Lipinski definition) is 1. The van der Waals surface area contributed by atoms with E-state index in [1.807, 2.05) is 0 Å². The van der Waals surface area contributed by atoms with Crippen molar-refractivity contribution in [2.45, 2.75) is 50.7 Å². The van der Waals surface area contributed by atoms with Gasteiger partial charge in [-0.3, -0.25) is 0 Å². The van der Waals surface area contributed by atoms with E-state index in [1.165, 1.54) is 32.2 Å². The molecule has 0 amide bonds. The molecule has 0 bridgehead atoms. The fraction of sp³-hybridized carbons (Fsp3) is 1.00. The fourth-order valence-electron chi connectivity index (χ4n) is 2.65. The Balaban J connectivity index is 1.56. The Labute approximate surface area is 92.4 Å². The zero-order valence-electron chi connectivity index (χ0n) is 9.53. The van der Waals surface area contributed by atoms with Gasteiger partial charge in [-0.1, -0.05) is 0 Å². The third-order valence-electron chi connectivity index (χ3n) is 3.51. The van der Waals surface area contributed by atoms with Crippen LogP contribution in [-0.4, -0.2) is 48.5 Å². The first-order valence-electron chi connectivity index (χ1n) is 6.36. The van der Waals surface area contributed by atoms with E-state index in [2.05, 4.69) is 4.90 Å². The lowest BCUT2D eigenvalue weighted by atomic mass is 10.1. The van der Waals surface area contributed by atoms with Gasteiger partial charge in [0.25, 0.3) is 0 Å².